The fraction of sp³-hybridized carbons (Fsp3) is 0. The standard InChI is InChI=1S/C15H10FN3O2/c16-12-10(15(20)21)6-8-18-14(12)19-11-5-1-3-9-4-2-7-17-13(9)11/h1-8H,(H,18,19)(H,20,21). The number of rotatable bonds is 3. The summed E-state index contributed by atoms with van der Waals surface area (Å²) >= 11 is 0. The molecule has 0 radical (unpaired) electrons. The largest absolute Gasteiger partial charge is 0.478 e. The van der Waals surface area contributed by atoms with Crippen LogP contribution in [0.2, 0.25) is 0 Å². The molecular formula is C15H10FN3O2. The minimum atomic E-state index is -1.34. The van der Waals surface area contributed by atoms with E-state index in [1.807, 2.05) is 12.1 Å². The van der Waals surface area contributed by atoms with Gasteiger partial charge in [0.15, 0.2) is 11.6 Å². The topological polar surface area (TPSA) is 75.1 Å². The van der Waals surface area contributed by atoms with Crippen molar-refractivity contribution in [2.24, 2.45) is 0 Å². The fourth-order valence-electron chi connectivity index (χ4n) is 2.03. The van der Waals surface area contributed by atoms with Gasteiger partial charge in [0, 0.05) is 17.8 Å². The number of pyridine rings is 2. The number of hydrogen-bond acceptors (Lipinski definition) is 4. The van der Waals surface area contributed by atoms with E-state index >= 15 is 0 Å². The van der Waals surface area contributed by atoms with Gasteiger partial charge < -0.3 is 10.4 Å². The molecule has 0 saturated carbocycles. The summed E-state index contributed by atoms with van der Waals surface area (Å²) in [7, 11) is 0. The van der Waals surface area contributed by atoms with Gasteiger partial charge in [-0.1, -0.05) is 18.2 Å². The smallest absolute Gasteiger partial charge is 0.338 e. The van der Waals surface area contributed by atoms with Crippen LogP contribution in [0.15, 0.2) is 48.8 Å². The lowest BCUT2D eigenvalue weighted by molar-refractivity contribution is 0.0692. The third kappa shape index (κ3) is 2.38. The predicted octanol–water partition coefficient (Wildman–Crippen LogP) is 3.21. The first-order valence-corrected chi connectivity index (χ1v) is 6.15. The van der Waals surface area contributed by atoms with Gasteiger partial charge in [-0.05, 0) is 18.2 Å². The lowest BCUT2D eigenvalue weighted by Crippen LogP contribution is -2.05. The molecule has 0 unspecified atom stereocenters. The Morgan fingerprint density at radius 2 is 1.90 bits per heavy atom. The van der Waals surface area contributed by atoms with Crippen LogP contribution in [0.5, 0.6) is 0 Å². The zero-order chi connectivity index (χ0) is 14.8. The van der Waals surface area contributed by atoms with E-state index in [-0.39, 0.29) is 5.82 Å². The summed E-state index contributed by atoms with van der Waals surface area (Å²) in [5, 5.41) is 12.6. The zero-order valence-corrected chi connectivity index (χ0v) is 10.7. The number of aromatic nitrogens is 2. The molecule has 0 aliphatic rings. The Balaban J connectivity index is 2.07. The van der Waals surface area contributed by atoms with Crippen LogP contribution >= 0.6 is 0 Å². The lowest BCUT2D eigenvalue weighted by atomic mass is 10.2. The quantitative estimate of drug-likeness (QED) is 0.772. The molecule has 5 nitrogen and oxygen atoms in total. The highest BCUT2D eigenvalue weighted by Crippen LogP contribution is 2.25. The van der Waals surface area contributed by atoms with Crippen molar-refractivity contribution < 1.29 is 14.3 Å². The van der Waals surface area contributed by atoms with Crippen molar-refractivity contribution in [3.63, 3.8) is 0 Å². The summed E-state index contributed by atoms with van der Waals surface area (Å²) in [4.78, 5) is 19.0. The number of nitrogens with zero attached hydrogens (tertiary/aromatic N) is 2. The number of nitrogens with one attached hydrogen (secondary N) is 1. The predicted molar refractivity (Wildman–Crippen MR) is 76.2 cm³/mol. The van der Waals surface area contributed by atoms with E-state index < -0.39 is 17.3 Å². The van der Waals surface area contributed by atoms with Crippen LogP contribution in [-0.4, -0.2) is 21.0 Å². The highest BCUT2D eigenvalue weighted by molar-refractivity contribution is 5.93. The number of fused-ring (bicyclic) bond motifs is 1. The average molecular weight is 283 g/mol. The number of carbonyl (C=O) groups is 1. The molecule has 0 bridgehead atoms. The van der Waals surface area contributed by atoms with Gasteiger partial charge in [0.2, 0.25) is 0 Å². The van der Waals surface area contributed by atoms with Crippen molar-refractivity contribution in [1.29, 1.82) is 0 Å². The Morgan fingerprint density at radius 1 is 1.10 bits per heavy atom. The summed E-state index contributed by atoms with van der Waals surface area (Å²) in [6.07, 6.45) is 2.87. The van der Waals surface area contributed by atoms with Gasteiger partial charge in [-0.3, -0.25) is 4.98 Å². The number of aromatic carboxylic acids is 1. The molecular weight excluding hydrogens is 273 g/mol. The first-order chi connectivity index (χ1) is 10.2. The molecule has 2 heterocycles. The van der Waals surface area contributed by atoms with Crippen LogP contribution in [0.25, 0.3) is 10.9 Å². The first-order valence-electron chi connectivity index (χ1n) is 6.15. The van der Waals surface area contributed by atoms with E-state index in [2.05, 4.69) is 15.3 Å². The summed E-state index contributed by atoms with van der Waals surface area (Å²) in [5.74, 6) is -2.39. The van der Waals surface area contributed by atoms with Crippen molar-refractivity contribution in [3.05, 3.63) is 60.2 Å². The molecule has 3 rings (SSSR count). The summed E-state index contributed by atoms with van der Waals surface area (Å²) < 4.78 is 14.1. The van der Waals surface area contributed by atoms with Crippen LogP contribution in [0.1, 0.15) is 10.4 Å². The molecule has 2 N–H and O–H groups in total. The molecule has 0 atom stereocenters. The zero-order valence-electron chi connectivity index (χ0n) is 10.7. The van der Waals surface area contributed by atoms with Gasteiger partial charge in [0.1, 0.15) is 5.56 Å². The monoisotopic (exact) mass is 283 g/mol. The maximum Gasteiger partial charge on any atom is 0.338 e. The second-order valence-corrected chi connectivity index (χ2v) is 4.33. The second kappa shape index (κ2) is 5.16. The van der Waals surface area contributed by atoms with E-state index in [1.54, 1.807) is 24.4 Å². The third-order valence-corrected chi connectivity index (χ3v) is 3.01. The van der Waals surface area contributed by atoms with E-state index in [1.165, 1.54) is 6.20 Å². The van der Waals surface area contributed by atoms with Crippen LogP contribution in [0.4, 0.5) is 15.9 Å². The first kappa shape index (κ1) is 13.0. The van der Waals surface area contributed by atoms with Crippen molar-refractivity contribution in [1.82, 2.24) is 9.97 Å². The molecule has 0 fully saturated rings. The minimum absolute atomic E-state index is 0.145. The van der Waals surface area contributed by atoms with Crippen molar-refractivity contribution in [2.45, 2.75) is 0 Å². The summed E-state index contributed by atoms with van der Waals surface area (Å²) in [5.41, 5.74) is 0.782. The van der Waals surface area contributed by atoms with Crippen LogP contribution in [0.3, 0.4) is 0 Å². The summed E-state index contributed by atoms with van der Waals surface area (Å²) in [6.45, 7) is 0. The Hall–Kier alpha value is -3.02. The molecule has 0 aliphatic carbocycles. The molecule has 2 aromatic heterocycles. The van der Waals surface area contributed by atoms with Gasteiger partial charge in [-0.15, -0.1) is 0 Å². The lowest BCUT2D eigenvalue weighted by Gasteiger charge is -2.09. The van der Waals surface area contributed by atoms with E-state index in [4.69, 9.17) is 5.11 Å². The maximum absolute atomic E-state index is 14.1. The highest BCUT2D eigenvalue weighted by Gasteiger charge is 2.15. The molecule has 0 saturated heterocycles. The summed E-state index contributed by atoms with van der Waals surface area (Å²) in [6, 6.07) is 10.2. The van der Waals surface area contributed by atoms with Gasteiger partial charge >= 0.3 is 5.97 Å². The van der Waals surface area contributed by atoms with Crippen LogP contribution in [0, 0.1) is 5.82 Å². The number of halogens is 1. The van der Waals surface area contributed by atoms with Crippen molar-refractivity contribution >= 4 is 28.4 Å². The highest BCUT2D eigenvalue weighted by atomic mass is 19.1. The van der Waals surface area contributed by atoms with Gasteiger partial charge in [-0.2, -0.15) is 0 Å². The maximum atomic E-state index is 14.1. The molecule has 104 valence electrons. The van der Waals surface area contributed by atoms with Gasteiger partial charge in [0.05, 0.1) is 11.2 Å². The van der Waals surface area contributed by atoms with Crippen LogP contribution in [-0.2, 0) is 0 Å². The Kier molecular flexibility index (Phi) is 3.19. The van der Waals surface area contributed by atoms with E-state index in [0.29, 0.717) is 11.2 Å². The number of carboxylic acids is 1. The van der Waals surface area contributed by atoms with Crippen molar-refractivity contribution in [2.75, 3.05) is 5.32 Å². The average Bonchev–Trinajstić information content (AvgIpc) is 2.49. The molecule has 21 heavy (non-hydrogen) atoms. The molecule has 3 aromatic rings. The van der Waals surface area contributed by atoms with Gasteiger partial charge in [0.25, 0.3) is 0 Å². The van der Waals surface area contributed by atoms with Crippen molar-refractivity contribution in [3.8, 4) is 0 Å². The number of benzene rings is 1. The van der Waals surface area contributed by atoms with Crippen LogP contribution < -0.4 is 5.32 Å². The molecule has 0 amide bonds. The van der Waals surface area contributed by atoms with E-state index in [0.717, 1.165) is 11.5 Å². The normalized spacial score (nSPS) is 10.5. The molecule has 6 heteroatoms. The number of carboxylic acid groups (broad SMARTS) is 1. The number of para-hydroxylation sites is 1. The number of anilines is 2. The minimum Gasteiger partial charge on any atom is -0.478 e. The number of hydrogen-bond donors (Lipinski definition) is 2. The van der Waals surface area contributed by atoms with E-state index in [9.17, 15) is 9.18 Å². The van der Waals surface area contributed by atoms with Gasteiger partial charge in [-0.25, -0.2) is 14.2 Å². The molecule has 1 aromatic carbocycles. The molecule has 0 aliphatic heterocycles. The third-order valence-electron chi connectivity index (χ3n) is 3.01. The molecule has 0 spiro atoms. The Labute approximate surface area is 119 Å². The fourth-order valence-corrected chi connectivity index (χ4v) is 2.03. The Morgan fingerprint density at radius 3 is 2.71 bits per heavy atom. The SMILES string of the molecule is O=C(O)c1ccnc(Nc2cccc3cccnc23)c1F. The Bertz CT molecular complexity index is 831. The second-order valence-electron chi connectivity index (χ2n) is 4.33.